The number of hydrogen-bond donors (Lipinski definition) is 17. The van der Waals surface area contributed by atoms with Gasteiger partial charge in [-0.15, -0.1) is 0 Å². The van der Waals surface area contributed by atoms with Gasteiger partial charge in [0.2, 0.25) is 65.0 Å². The Morgan fingerprint density at radius 1 is 0.538 bits per heavy atom. The summed E-state index contributed by atoms with van der Waals surface area (Å²) in [5.41, 5.74) is 51.0. The molecular weight excluding hydrogens is 1200 g/mol. The third-order valence-electron chi connectivity index (χ3n) is 15.9. The van der Waals surface area contributed by atoms with E-state index in [-0.39, 0.29) is 114 Å². The molecule has 0 saturated carbocycles. The summed E-state index contributed by atoms with van der Waals surface area (Å²) in [5.74, 6) is -8.58. The summed E-state index contributed by atoms with van der Waals surface area (Å²) in [4.78, 5) is 167. The highest BCUT2D eigenvalue weighted by atomic mass is 16.2. The van der Waals surface area contributed by atoms with Crippen LogP contribution in [0.1, 0.15) is 136 Å². The molecule has 0 bridgehead atoms. The van der Waals surface area contributed by atoms with Crippen LogP contribution in [0.2, 0.25) is 0 Å². The molecule has 1 aromatic carbocycles. The van der Waals surface area contributed by atoms with Crippen LogP contribution in [0, 0.1) is 11.8 Å². The van der Waals surface area contributed by atoms with Crippen molar-refractivity contribution in [1.29, 1.82) is 0 Å². The zero-order valence-electron chi connectivity index (χ0n) is 54.5. The fourth-order valence-electron chi connectivity index (χ4n) is 10.7. The van der Waals surface area contributed by atoms with Gasteiger partial charge in [-0.2, -0.15) is 0 Å². The average Bonchev–Trinajstić information content (AvgIpc) is 1.79. The van der Waals surface area contributed by atoms with E-state index in [1.165, 1.54) is 16.7 Å². The van der Waals surface area contributed by atoms with Gasteiger partial charge in [0.1, 0.15) is 54.4 Å². The number of rotatable bonds is 41. The van der Waals surface area contributed by atoms with Crippen molar-refractivity contribution in [3.8, 4) is 0 Å². The van der Waals surface area contributed by atoms with Crippen LogP contribution in [0.25, 0.3) is 0 Å². The molecule has 2 aliphatic rings. The van der Waals surface area contributed by atoms with Crippen molar-refractivity contribution in [3.05, 3.63) is 35.9 Å². The van der Waals surface area contributed by atoms with Gasteiger partial charge in [-0.3, -0.25) is 67.7 Å². The van der Waals surface area contributed by atoms with E-state index in [1.54, 1.807) is 44.2 Å². The van der Waals surface area contributed by atoms with E-state index in [9.17, 15) is 52.7 Å². The number of likely N-dealkylation sites (tertiary alicyclic amines) is 2. The fraction of sp³-hybridized carbons (Fsp3) is 0.667. The summed E-state index contributed by atoms with van der Waals surface area (Å²) < 4.78 is 0. The Hall–Kier alpha value is -8.88. The third-order valence-corrected chi connectivity index (χ3v) is 15.9. The molecule has 0 aliphatic carbocycles. The SMILES string of the molecule is CCC(C)C(NC(=O)C(Cc1ccccc1)NC(=O)C(C)NC(=O)C1CCCN1C(=O)C(CCCN=C(N)N)NC(=O)C(N)CC(C)C)C(=O)NC(CCCN=C(N)N)C(=O)N1CCCC1C(=O)NC(CCCCN)C(=O)NCC(=O)NC(CCCN=C(N)N)C(N)=O. The van der Waals surface area contributed by atoms with Gasteiger partial charge in [0.05, 0.1) is 12.6 Å². The first-order chi connectivity index (χ1) is 44.1. The molecule has 26 N–H and O–H groups in total. The number of nitrogens with zero attached hydrogens (tertiary/aromatic N) is 5. The van der Waals surface area contributed by atoms with Crippen molar-refractivity contribution in [2.45, 2.75) is 198 Å². The highest BCUT2D eigenvalue weighted by Gasteiger charge is 2.42. The van der Waals surface area contributed by atoms with Gasteiger partial charge in [0, 0.05) is 39.1 Å². The number of aliphatic imine (C=N–C) groups is 3. The van der Waals surface area contributed by atoms with Crippen LogP contribution >= 0.6 is 0 Å². The van der Waals surface area contributed by atoms with E-state index in [2.05, 4.69) is 57.5 Å². The predicted octanol–water partition coefficient (Wildman–Crippen LogP) is -5.06. The second-order valence-corrected chi connectivity index (χ2v) is 24.0. The maximum absolute atomic E-state index is 14.8. The standard InChI is InChI=1S/C60H104N22O11/c1-6-35(4)47(80-52(88)43(32-37-17-8-7-9-18-37)79-49(85)36(5)74-53(89)44-23-15-29-81(44)56(92)41(21-13-27-71-59(66)67)77-50(86)38(62)31-34(2)3)55(91)78-42(22-14-28-72-60(68)69)57(93)82-30-16-24-45(82)54(90)76-40(19-10-11-25-61)51(87)73-33-46(83)75-39(48(63)84)20-12-26-70-58(64)65/h7-9,17-18,34-36,38-45,47H,6,10-16,19-33,61-62H2,1-5H3,(H2,63,84)(H,73,87)(H,74,89)(H,75,83)(H,76,90)(H,77,86)(H,78,91)(H,79,85)(H,80,88)(H4,64,65,70)(H4,66,67,71)(H4,68,69,72). The Morgan fingerprint density at radius 3 is 1.51 bits per heavy atom. The first kappa shape index (κ1) is 78.4. The molecule has 0 spiro atoms. The lowest BCUT2D eigenvalue weighted by Crippen LogP contribution is -2.61. The normalized spacial score (nSPS) is 17.2. The van der Waals surface area contributed by atoms with Crippen LogP contribution in [0.15, 0.2) is 45.3 Å². The first-order valence-electron chi connectivity index (χ1n) is 32.0. The number of hydrogen-bond acceptors (Lipinski definition) is 16. The monoisotopic (exact) mass is 1310 g/mol. The lowest BCUT2D eigenvalue weighted by Gasteiger charge is -2.32. The van der Waals surface area contributed by atoms with Gasteiger partial charge in [-0.05, 0) is 121 Å². The van der Waals surface area contributed by atoms with E-state index in [1.807, 2.05) is 13.8 Å². The largest absolute Gasteiger partial charge is 0.370 e. The van der Waals surface area contributed by atoms with Crippen LogP contribution in [0.3, 0.4) is 0 Å². The summed E-state index contributed by atoms with van der Waals surface area (Å²) in [6.45, 7) is 9.15. The topological polar surface area (TPSA) is 562 Å². The number of carbonyl (C=O) groups is 11. The van der Waals surface area contributed by atoms with E-state index in [0.717, 1.165) is 0 Å². The minimum absolute atomic E-state index is 0.0273. The molecule has 93 heavy (non-hydrogen) atoms. The van der Waals surface area contributed by atoms with E-state index in [4.69, 9.17) is 51.6 Å². The number of amides is 11. The van der Waals surface area contributed by atoms with E-state index < -0.39 is 138 Å². The predicted molar refractivity (Wildman–Crippen MR) is 351 cm³/mol. The fourth-order valence-corrected chi connectivity index (χ4v) is 10.7. The number of nitrogens with one attached hydrogen (secondary N) is 8. The molecule has 0 radical (unpaired) electrons. The van der Waals surface area contributed by atoms with Crippen LogP contribution < -0.4 is 94.1 Å². The lowest BCUT2D eigenvalue weighted by molar-refractivity contribution is -0.143. The molecule has 11 amide bonds. The Labute approximate surface area is 544 Å². The summed E-state index contributed by atoms with van der Waals surface area (Å²) in [6.07, 6.45) is 3.93. The number of benzene rings is 1. The number of primary amides is 1. The van der Waals surface area contributed by atoms with Gasteiger partial charge < -0.3 is 104 Å². The van der Waals surface area contributed by atoms with E-state index in [0.29, 0.717) is 56.9 Å². The molecule has 2 fully saturated rings. The smallest absolute Gasteiger partial charge is 0.245 e. The maximum Gasteiger partial charge on any atom is 0.245 e. The Bertz CT molecular complexity index is 2740. The molecule has 2 aliphatic heterocycles. The maximum atomic E-state index is 14.8. The molecular formula is C60H104N22O11. The molecule has 2 heterocycles. The minimum atomic E-state index is -1.33. The van der Waals surface area contributed by atoms with Crippen LogP contribution in [0.5, 0.6) is 0 Å². The van der Waals surface area contributed by atoms with Crippen LogP contribution in [-0.4, -0.2) is 199 Å². The Morgan fingerprint density at radius 2 is 1.02 bits per heavy atom. The Kier molecular flexibility index (Phi) is 34.4. The molecule has 3 rings (SSSR count). The second kappa shape index (κ2) is 40.9. The third kappa shape index (κ3) is 27.9. The van der Waals surface area contributed by atoms with Crippen molar-refractivity contribution >= 4 is 82.9 Å². The molecule has 1 aromatic rings. The number of guanidine groups is 3. The van der Waals surface area contributed by atoms with Gasteiger partial charge in [0.15, 0.2) is 17.9 Å². The minimum Gasteiger partial charge on any atom is -0.370 e. The van der Waals surface area contributed by atoms with Crippen molar-refractivity contribution in [3.63, 3.8) is 0 Å². The summed E-state index contributed by atoms with van der Waals surface area (Å²) in [7, 11) is 0. The van der Waals surface area contributed by atoms with Crippen molar-refractivity contribution < 1.29 is 52.7 Å². The zero-order valence-corrected chi connectivity index (χ0v) is 54.5. The molecule has 33 nitrogen and oxygen atoms in total. The van der Waals surface area contributed by atoms with Crippen molar-refractivity contribution in [2.75, 3.05) is 45.8 Å². The molecule has 33 heteroatoms. The lowest BCUT2D eigenvalue weighted by atomic mass is 9.96. The van der Waals surface area contributed by atoms with Gasteiger partial charge in [-0.1, -0.05) is 64.4 Å². The molecule has 520 valence electrons. The highest BCUT2D eigenvalue weighted by molar-refractivity contribution is 5.99. The second-order valence-electron chi connectivity index (χ2n) is 24.0. The zero-order chi connectivity index (χ0) is 69.3. The number of nitrogens with two attached hydrogens (primary N) is 9. The van der Waals surface area contributed by atoms with Gasteiger partial charge in [-0.25, -0.2) is 0 Å². The molecule has 11 unspecified atom stereocenters. The number of carbonyl (C=O) groups excluding carboxylic acids is 11. The first-order valence-corrected chi connectivity index (χ1v) is 32.0. The van der Waals surface area contributed by atoms with Crippen molar-refractivity contribution in [2.24, 2.45) is 78.4 Å². The van der Waals surface area contributed by atoms with Crippen LogP contribution in [-0.2, 0) is 59.2 Å². The van der Waals surface area contributed by atoms with Crippen LogP contribution in [0.4, 0.5) is 0 Å². The summed E-state index contributed by atoms with van der Waals surface area (Å²) in [5, 5.41) is 21.6. The summed E-state index contributed by atoms with van der Waals surface area (Å²) in [6, 6.07) is -2.82. The average molecular weight is 1310 g/mol. The number of unbranched alkanes of at least 4 members (excludes halogenated alkanes) is 1. The van der Waals surface area contributed by atoms with Gasteiger partial charge >= 0.3 is 0 Å². The van der Waals surface area contributed by atoms with Gasteiger partial charge in [0.25, 0.3) is 0 Å². The quantitative estimate of drug-likeness (QED) is 0.0166. The summed E-state index contributed by atoms with van der Waals surface area (Å²) >= 11 is 0. The highest BCUT2D eigenvalue weighted by Crippen LogP contribution is 2.23. The molecule has 0 aromatic heterocycles. The van der Waals surface area contributed by atoms with Crippen molar-refractivity contribution in [1.82, 2.24) is 52.3 Å². The Balaban J connectivity index is 1.85. The molecule has 11 atom stereocenters. The van der Waals surface area contributed by atoms with E-state index >= 15 is 0 Å². The molecule has 2 saturated heterocycles.